The van der Waals surface area contributed by atoms with E-state index in [2.05, 4.69) is 13.8 Å². The molecule has 0 saturated heterocycles. The van der Waals surface area contributed by atoms with E-state index in [1.54, 1.807) is 13.0 Å². The molecule has 0 aliphatic heterocycles. The zero-order valence-electron chi connectivity index (χ0n) is 23.5. The van der Waals surface area contributed by atoms with Crippen LogP contribution in [-0.4, -0.2) is 36.1 Å². The number of aliphatic hydroxyl groups excluding tert-OH is 1. The van der Waals surface area contributed by atoms with Gasteiger partial charge in [0.05, 0.1) is 6.10 Å². The van der Waals surface area contributed by atoms with Crippen LogP contribution < -0.4 is 0 Å². The molecule has 0 aliphatic carbocycles. The minimum Gasteiger partial charge on any atom is -0.390 e. The summed E-state index contributed by atoms with van der Waals surface area (Å²) in [6, 6.07) is 0. The van der Waals surface area contributed by atoms with Crippen molar-refractivity contribution in [1.82, 2.24) is 0 Å². The molecule has 0 saturated carbocycles. The monoisotopic (exact) mass is 532 g/mol. The van der Waals surface area contributed by atoms with Crippen LogP contribution in [0.3, 0.4) is 0 Å². The Morgan fingerprint density at radius 3 is 1.67 bits per heavy atom. The van der Waals surface area contributed by atoms with Gasteiger partial charge in [-0.15, -0.1) is 0 Å². The quantitative estimate of drug-likeness (QED) is 0.0662. The van der Waals surface area contributed by atoms with Crippen molar-refractivity contribution in [3.05, 3.63) is 12.2 Å². The maximum atomic E-state index is 11.2. The molecule has 0 spiro atoms. The van der Waals surface area contributed by atoms with E-state index in [4.69, 9.17) is 8.74 Å². The Morgan fingerprint density at radius 2 is 1.22 bits per heavy atom. The van der Waals surface area contributed by atoms with Gasteiger partial charge in [-0.25, -0.2) is 4.18 Å². The zero-order chi connectivity index (χ0) is 27.1. The maximum absolute atomic E-state index is 11.2. The van der Waals surface area contributed by atoms with Crippen LogP contribution in [0.4, 0.5) is 0 Å². The molecular formula is C29H56O6S. The summed E-state index contributed by atoms with van der Waals surface area (Å²) in [5.74, 6) is 1.01. The molecule has 0 aromatic heterocycles. The van der Waals surface area contributed by atoms with Crippen LogP contribution in [0.5, 0.6) is 0 Å². The molecule has 0 bridgehead atoms. The second-order valence-corrected chi connectivity index (χ2v) is 11.9. The highest BCUT2D eigenvalue weighted by Crippen LogP contribution is 2.18. The van der Waals surface area contributed by atoms with E-state index in [0.29, 0.717) is 12.8 Å². The molecule has 0 rings (SSSR count). The van der Waals surface area contributed by atoms with Crippen LogP contribution in [0, 0.1) is 5.92 Å². The highest BCUT2D eigenvalue weighted by molar-refractivity contribution is 7.80. The normalized spacial score (nSPS) is 14.1. The summed E-state index contributed by atoms with van der Waals surface area (Å²) in [5, 5.41) is 10.4. The Hall–Kier alpha value is -0.760. The van der Waals surface area contributed by atoms with Crippen molar-refractivity contribution < 1.29 is 27.1 Å². The molecule has 0 aromatic rings. The second-order valence-electron chi connectivity index (χ2n) is 10.9. The van der Waals surface area contributed by atoms with Crippen molar-refractivity contribution in [2.75, 3.05) is 0 Å². The van der Waals surface area contributed by atoms with Gasteiger partial charge in [-0.05, 0) is 44.9 Å². The molecule has 0 aromatic carbocycles. The first-order valence-corrected chi connectivity index (χ1v) is 16.0. The number of carbonyl (C=O) groups is 1. The fourth-order valence-corrected chi connectivity index (χ4v) is 4.96. The smallest absolute Gasteiger partial charge is 0.390 e. The summed E-state index contributed by atoms with van der Waals surface area (Å²) in [5.41, 5.74) is 0. The molecule has 2 unspecified atom stereocenters. The number of hydrogen-bond donors (Lipinski definition) is 2. The van der Waals surface area contributed by atoms with Crippen molar-refractivity contribution >= 4 is 16.2 Å². The summed E-state index contributed by atoms with van der Waals surface area (Å²) in [6.07, 6.45) is 23.0. The van der Waals surface area contributed by atoms with Gasteiger partial charge in [-0.3, -0.25) is 4.55 Å². The average molecular weight is 533 g/mol. The lowest BCUT2D eigenvalue weighted by Crippen LogP contribution is -2.30. The minimum atomic E-state index is -4.62. The molecule has 2 N–H and O–H groups in total. The molecule has 7 heteroatoms. The molecule has 0 radical (unpaired) electrons. The van der Waals surface area contributed by atoms with Crippen LogP contribution >= 0.6 is 0 Å². The van der Waals surface area contributed by atoms with Gasteiger partial charge in [-0.2, -0.15) is 8.42 Å². The van der Waals surface area contributed by atoms with E-state index in [9.17, 15) is 18.3 Å². The Morgan fingerprint density at radius 1 is 0.750 bits per heavy atom. The SMILES string of the molecule is CC(=O)CCCC/C=C/CC(OS(=O)(=O)O)C(O)CCCCCCCCCCCCCCCC(C)C. The van der Waals surface area contributed by atoms with Crippen molar-refractivity contribution in [2.24, 2.45) is 5.92 Å². The van der Waals surface area contributed by atoms with Gasteiger partial charge in [0.1, 0.15) is 11.9 Å². The van der Waals surface area contributed by atoms with Gasteiger partial charge in [0.15, 0.2) is 0 Å². The fraction of sp³-hybridized carbons (Fsp3) is 0.897. The van der Waals surface area contributed by atoms with Crippen LogP contribution in [-0.2, 0) is 19.4 Å². The Bertz CT molecular complexity index is 644. The topological polar surface area (TPSA) is 101 Å². The number of hydrogen-bond acceptors (Lipinski definition) is 5. The van der Waals surface area contributed by atoms with Gasteiger partial charge in [0, 0.05) is 6.42 Å². The highest BCUT2D eigenvalue weighted by atomic mass is 32.3. The minimum absolute atomic E-state index is 0.178. The predicted octanol–water partition coefficient (Wildman–Crippen LogP) is 8.14. The number of allylic oxidation sites excluding steroid dienone is 1. The molecule has 2 atom stereocenters. The summed E-state index contributed by atoms with van der Waals surface area (Å²) < 4.78 is 36.1. The molecule has 36 heavy (non-hydrogen) atoms. The van der Waals surface area contributed by atoms with Crippen molar-refractivity contribution in [1.29, 1.82) is 0 Å². The van der Waals surface area contributed by atoms with E-state index < -0.39 is 22.6 Å². The molecule has 0 fully saturated rings. The van der Waals surface area contributed by atoms with E-state index in [1.165, 1.54) is 70.6 Å². The third kappa shape index (κ3) is 26.3. The van der Waals surface area contributed by atoms with Crippen LogP contribution in [0.2, 0.25) is 0 Å². The lowest BCUT2D eigenvalue weighted by Gasteiger charge is -2.20. The third-order valence-electron chi connectivity index (χ3n) is 6.64. The molecule has 0 amide bonds. The number of rotatable bonds is 26. The van der Waals surface area contributed by atoms with E-state index >= 15 is 0 Å². The largest absolute Gasteiger partial charge is 0.397 e. The number of Topliss-reactive ketones (excluding diaryl/α,β-unsaturated/α-hetero) is 1. The lowest BCUT2D eigenvalue weighted by molar-refractivity contribution is -0.117. The fourth-order valence-electron chi connectivity index (χ4n) is 4.44. The summed E-state index contributed by atoms with van der Waals surface area (Å²) in [7, 11) is -4.62. The predicted molar refractivity (Wildman–Crippen MR) is 149 cm³/mol. The summed E-state index contributed by atoms with van der Waals surface area (Å²) >= 11 is 0. The lowest BCUT2D eigenvalue weighted by atomic mass is 10.0. The zero-order valence-corrected chi connectivity index (χ0v) is 24.3. The average Bonchev–Trinajstić information content (AvgIpc) is 2.78. The number of carbonyl (C=O) groups excluding carboxylic acids is 1. The molecule has 0 heterocycles. The van der Waals surface area contributed by atoms with E-state index in [0.717, 1.165) is 44.4 Å². The standard InChI is InChI=1S/C29H56O6S/c1-26(2)22-18-14-11-9-7-5-4-6-8-10-12-16-20-24-28(31)29(35-36(32,33)34)25-21-17-13-15-19-23-27(3)30/h17,21,26,28-29,31H,4-16,18-20,22-25H2,1-3H3,(H,32,33,34)/b21-17+. The molecule has 6 nitrogen and oxygen atoms in total. The van der Waals surface area contributed by atoms with E-state index in [1.807, 2.05) is 6.08 Å². The van der Waals surface area contributed by atoms with Crippen molar-refractivity contribution in [2.45, 2.75) is 161 Å². The summed E-state index contributed by atoms with van der Waals surface area (Å²) in [6.45, 7) is 6.17. The Kier molecular flexibility index (Phi) is 22.9. The number of unbranched alkanes of at least 4 members (excludes halogenated alkanes) is 14. The first-order chi connectivity index (χ1) is 17.1. The third-order valence-corrected chi connectivity index (χ3v) is 7.13. The number of ketones is 1. The van der Waals surface area contributed by atoms with E-state index in [-0.39, 0.29) is 12.2 Å². The van der Waals surface area contributed by atoms with Gasteiger partial charge in [0.2, 0.25) is 0 Å². The molecular weight excluding hydrogens is 476 g/mol. The van der Waals surface area contributed by atoms with Crippen molar-refractivity contribution in [3.8, 4) is 0 Å². The second kappa shape index (κ2) is 23.4. The van der Waals surface area contributed by atoms with Gasteiger partial charge < -0.3 is 9.90 Å². The van der Waals surface area contributed by atoms with Crippen LogP contribution in [0.15, 0.2) is 12.2 Å². The first-order valence-electron chi connectivity index (χ1n) is 14.6. The molecule has 0 aliphatic rings. The van der Waals surface area contributed by atoms with Crippen LogP contribution in [0.1, 0.15) is 149 Å². The maximum Gasteiger partial charge on any atom is 0.397 e. The Balaban J connectivity index is 3.84. The van der Waals surface area contributed by atoms with Crippen molar-refractivity contribution in [3.63, 3.8) is 0 Å². The number of aliphatic hydroxyl groups is 1. The van der Waals surface area contributed by atoms with Gasteiger partial charge in [0.25, 0.3) is 0 Å². The highest BCUT2D eigenvalue weighted by Gasteiger charge is 2.24. The van der Waals surface area contributed by atoms with Crippen LogP contribution in [0.25, 0.3) is 0 Å². The molecule has 214 valence electrons. The van der Waals surface area contributed by atoms with Gasteiger partial charge in [-0.1, -0.05) is 116 Å². The van der Waals surface area contributed by atoms with Gasteiger partial charge >= 0.3 is 10.4 Å². The summed E-state index contributed by atoms with van der Waals surface area (Å²) in [4.78, 5) is 10.9. The Labute approximate surface area is 222 Å². The first kappa shape index (κ1) is 35.2.